The minimum Gasteiger partial charge on any atom is -0.373 e. The number of likely N-dealkylation sites (N-methyl/N-ethyl adjacent to an activating group) is 1. The van der Waals surface area contributed by atoms with Gasteiger partial charge in [0, 0.05) is 12.6 Å². The van der Waals surface area contributed by atoms with Gasteiger partial charge in [0.25, 0.3) is 0 Å². The third kappa shape index (κ3) is 1.78. The second-order valence-electron chi connectivity index (χ2n) is 4.10. The summed E-state index contributed by atoms with van der Waals surface area (Å²) in [6, 6.07) is 0.707. The SMILES string of the molecule is C#CC(NC)C1CN2CCCC2CO1. The van der Waals surface area contributed by atoms with Gasteiger partial charge in [0.05, 0.1) is 18.8 Å². The monoisotopic (exact) mass is 194 g/mol. The van der Waals surface area contributed by atoms with Crippen LogP contribution in [0, 0.1) is 12.3 Å². The third-order valence-electron chi connectivity index (χ3n) is 3.28. The number of nitrogens with one attached hydrogen (secondary N) is 1. The minimum atomic E-state index is 0.0524. The molecule has 78 valence electrons. The second-order valence-corrected chi connectivity index (χ2v) is 4.10. The summed E-state index contributed by atoms with van der Waals surface area (Å²) in [6.45, 7) is 3.05. The van der Waals surface area contributed by atoms with Crippen molar-refractivity contribution >= 4 is 0 Å². The van der Waals surface area contributed by atoms with Crippen molar-refractivity contribution in [1.82, 2.24) is 10.2 Å². The van der Waals surface area contributed by atoms with E-state index in [1.807, 2.05) is 7.05 Å². The first-order valence-corrected chi connectivity index (χ1v) is 5.34. The van der Waals surface area contributed by atoms with Crippen molar-refractivity contribution in [3.05, 3.63) is 0 Å². The van der Waals surface area contributed by atoms with E-state index in [2.05, 4.69) is 16.1 Å². The van der Waals surface area contributed by atoms with Crippen molar-refractivity contribution in [3.63, 3.8) is 0 Å². The molecular formula is C11H18N2O. The van der Waals surface area contributed by atoms with Crippen molar-refractivity contribution < 1.29 is 4.74 Å². The van der Waals surface area contributed by atoms with E-state index in [0.717, 1.165) is 13.2 Å². The van der Waals surface area contributed by atoms with Crippen LogP contribution in [0.15, 0.2) is 0 Å². The Morgan fingerprint density at radius 2 is 2.50 bits per heavy atom. The lowest BCUT2D eigenvalue weighted by molar-refractivity contribution is -0.0554. The van der Waals surface area contributed by atoms with E-state index in [-0.39, 0.29) is 12.1 Å². The molecule has 3 heteroatoms. The number of morpholine rings is 1. The van der Waals surface area contributed by atoms with E-state index < -0.39 is 0 Å². The number of ether oxygens (including phenoxy) is 1. The minimum absolute atomic E-state index is 0.0524. The van der Waals surface area contributed by atoms with Gasteiger partial charge in [-0.15, -0.1) is 6.42 Å². The summed E-state index contributed by atoms with van der Waals surface area (Å²) in [6.07, 6.45) is 8.20. The topological polar surface area (TPSA) is 24.5 Å². The Kier molecular flexibility index (Phi) is 3.07. The molecule has 0 aromatic carbocycles. The standard InChI is InChI=1S/C11H18N2O/c1-3-10(12-2)11-7-13-6-4-5-9(13)8-14-11/h1,9-12H,4-8H2,2H3. The summed E-state index contributed by atoms with van der Waals surface area (Å²) >= 11 is 0. The maximum Gasteiger partial charge on any atom is 0.0967 e. The maximum atomic E-state index is 5.79. The predicted octanol–water partition coefficient (Wildman–Crippen LogP) is 0.0708. The average Bonchev–Trinajstić information content (AvgIpc) is 2.66. The normalized spacial score (nSPS) is 34.9. The number of hydrogen-bond acceptors (Lipinski definition) is 3. The quantitative estimate of drug-likeness (QED) is 0.630. The fourth-order valence-corrected chi connectivity index (χ4v) is 2.42. The van der Waals surface area contributed by atoms with Crippen LogP contribution in [0.3, 0.4) is 0 Å². The molecule has 3 unspecified atom stereocenters. The molecule has 2 saturated heterocycles. The molecule has 2 heterocycles. The van der Waals surface area contributed by atoms with E-state index in [1.54, 1.807) is 0 Å². The highest BCUT2D eigenvalue weighted by Gasteiger charge is 2.34. The first-order valence-electron chi connectivity index (χ1n) is 5.34. The van der Waals surface area contributed by atoms with Gasteiger partial charge in [0.2, 0.25) is 0 Å². The summed E-state index contributed by atoms with van der Waals surface area (Å²) in [5.41, 5.74) is 0. The number of fused-ring (bicyclic) bond motifs is 1. The zero-order valence-corrected chi connectivity index (χ0v) is 8.70. The summed E-state index contributed by atoms with van der Waals surface area (Å²) in [7, 11) is 1.89. The lowest BCUT2D eigenvalue weighted by Gasteiger charge is -2.37. The Balaban J connectivity index is 1.94. The highest BCUT2D eigenvalue weighted by Crippen LogP contribution is 2.23. The van der Waals surface area contributed by atoms with Crippen LogP contribution in [0.25, 0.3) is 0 Å². The molecule has 0 bridgehead atoms. The summed E-state index contributed by atoms with van der Waals surface area (Å²) in [5.74, 6) is 2.74. The van der Waals surface area contributed by atoms with Gasteiger partial charge in [0.15, 0.2) is 0 Å². The molecule has 3 atom stereocenters. The Morgan fingerprint density at radius 1 is 1.64 bits per heavy atom. The van der Waals surface area contributed by atoms with Gasteiger partial charge in [-0.05, 0) is 26.4 Å². The summed E-state index contributed by atoms with van der Waals surface area (Å²) in [5, 5.41) is 3.11. The first kappa shape index (κ1) is 9.97. The van der Waals surface area contributed by atoms with Gasteiger partial charge >= 0.3 is 0 Å². The molecule has 0 spiro atoms. The zero-order chi connectivity index (χ0) is 9.97. The second kappa shape index (κ2) is 4.31. The Hall–Kier alpha value is -0.560. The van der Waals surface area contributed by atoms with Crippen LogP contribution in [-0.2, 0) is 4.74 Å². The van der Waals surface area contributed by atoms with Gasteiger partial charge in [-0.1, -0.05) is 5.92 Å². The average molecular weight is 194 g/mol. The third-order valence-corrected chi connectivity index (χ3v) is 3.28. The van der Waals surface area contributed by atoms with Crippen molar-refractivity contribution in [2.45, 2.75) is 31.0 Å². The van der Waals surface area contributed by atoms with E-state index in [1.165, 1.54) is 19.4 Å². The molecule has 1 N–H and O–H groups in total. The van der Waals surface area contributed by atoms with Crippen LogP contribution >= 0.6 is 0 Å². The van der Waals surface area contributed by atoms with E-state index in [4.69, 9.17) is 11.2 Å². The molecule has 0 aromatic heterocycles. The smallest absolute Gasteiger partial charge is 0.0967 e. The molecular weight excluding hydrogens is 176 g/mol. The largest absolute Gasteiger partial charge is 0.373 e. The van der Waals surface area contributed by atoms with Crippen molar-refractivity contribution in [2.24, 2.45) is 0 Å². The molecule has 14 heavy (non-hydrogen) atoms. The van der Waals surface area contributed by atoms with Gasteiger partial charge < -0.3 is 10.1 Å². The fraction of sp³-hybridized carbons (Fsp3) is 0.818. The van der Waals surface area contributed by atoms with Gasteiger partial charge in [-0.25, -0.2) is 0 Å². The number of terminal acetylenes is 1. The predicted molar refractivity (Wildman–Crippen MR) is 56.0 cm³/mol. The first-order chi connectivity index (χ1) is 6.85. The molecule has 2 rings (SSSR count). The molecule has 0 radical (unpaired) electrons. The number of nitrogens with zero attached hydrogens (tertiary/aromatic N) is 1. The number of hydrogen-bond donors (Lipinski definition) is 1. The van der Waals surface area contributed by atoms with Crippen LogP contribution in [0.5, 0.6) is 0 Å². The molecule has 0 saturated carbocycles. The van der Waals surface area contributed by atoms with Gasteiger partial charge in [0.1, 0.15) is 0 Å². The molecule has 0 aromatic rings. The summed E-state index contributed by atoms with van der Waals surface area (Å²) in [4.78, 5) is 2.51. The lowest BCUT2D eigenvalue weighted by atomic mass is 10.1. The van der Waals surface area contributed by atoms with Crippen molar-refractivity contribution in [1.29, 1.82) is 0 Å². The Bertz CT molecular complexity index is 236. The molecule has 3 nitrogen and oxygen atoms in total. The highest BCUT2D eigenvalue weighted by atomic mass is 16.5. The maximum absolute atomic E-state index is 5.79. The molecule has 0 amide bonds. The Labute approximate surface area is 85.8 Å². The van der Waals surface area contributed by atoms with E-state index in [9.17, 15) is 0 Å². The lowest BCUT2D eigenvalue weighted by Crippen LogP contribution is -2.53. The van der Waals surface area contributed by atoms with Crippen LogP contribution in [0.1, 0.15) is 12.8 Å². The van der Waals surface area contributed by atoms with Gasteiger partial charge in [-0.3, -0.25) is 4.90 Å². The van der Waals surface area contributed by atoms with Crippen LogP contribution in [0.2, 0.25) is 0 Å². The van der Waals surface area contributed by atoms with Crippen molar-refractivity contribution in [3.8, 4) is 12.3 Å². The summed E-state index contributed by atoms with van der Waals surface area (Å²) < 4.78 is 5.79. The van der Waals surface area contributed by atoms with E-state index in [0.29, 0.717) is 6.04 Å². The number of rotatable bonds is 2. The van der Waals surface area contributed by atoms with Crippen molar-refractivity contribution in [2.75, 3.05) is 26.7 Å². The molecule has 0 aliphatic carbocycles. The van der Waals surface area contributed by atoms with Crippen LogP contribution in [-0.4, -0.2) is 49.8 Å². The van der Waals surface area contributed by atoms with Gasteiger partial charge in [-0.2, -0.15) is 0 Å². The molecule has 2 fully saturated rings. The Morgan fingerprint density at radius 3 is 3.21 bits per heavy atom. The highest BCUT2D eigenvalue weighted by molar-refractivity contribution is 5.05. The molecule has 2 aliphatic heterocycles. The zero-order valence-electron chi connectivity index (χ0n) is 8.70. The van der Waals surface area contributed by atoms with Crippen LogP contribution < -0.4 is 5.32 Å². The fourth-order valence-electron chi connectivity index (χ4n) is 2.42. The van der Waals surface area contributed by atoms with E-state index >= 15 is 0 Å². The van der Waals surface area contributed by atoms with Crippen LogP contribution in [0.4, 0.5) is 0 Å². The molecule has 2 aliphatic rings.